The van der Waals surface area contributed by atoms with E-state index in [0.717, 1.165) is 11.3 Å². The maximum Gasteiger partial charge on any atom is 0.182 e. The fourth-order valence-electron chi connectivity index (χ4n) is 1.96. The highest BCUT2D eigenvalue weighted by Gasteiger charge is 2.11. The summed E-state index contributed by atoms with van der Waals surface area (Å²) in [5.74, 6) is 0.138. The molecule has 19 heavy (non-hydrogen) atoms. The number of thioether (sulfide) groups is 1. The van der Waals surface area contributed by atoms with E-state index in [4.69, 9.17) is 0 Å². The molecular formula is C16H17NOS. The summed E-state index contributed by atoms with van der Waals surface area (Å²) in [4.78, 5) is 15.4. The number of rotatable bonds is 5. The summed E-state index contributed by atoms with van der Waals surface area (Å²) < 4.78 is 0. The molecule has 0 amide bonds. The first-order valence-corrected chi connectivity index (χ1v) is 7.37. The molecule has 2 rings (SSSR count). The number of benzene rings is 2. The van der Waals surface area contributed by atoms with Gasteiger partial charge in [0.15, 0.2) is 5.78 Å². The SMILES string of the molecule is CSc1ccccc1N(C)CC(=O)c1ccccc1. The topological polar surface area (TPSA) is 20.3 Å². The number of para-hydroxylation sites is 1. The van der Waals surface area contributed by atoms with Crippen molar-refractivity contribution in [2.45, 2.75) is 4.90 Å². The Morgan fingerprint density at radius 2 is 1.68 bits per heavy atom. The van der Waals surface area contributed by atoms with Gasteiger partial charge in [-0.3, -0.25) is 4.79 Å². The average Bonchev–Trinajstić information content (AvgIpc) is 2.48. The van der Waals surface area contributed by atoms with Crippen LogP contribution in [0.15, 0.2) is 59.5 Å². The molecule has 0 fully saturated rings. The van der Waals surface area contributed by atoms with Gasteiger partial charge < -0.3 is 4.90 Å². The first kappa shape index (κ1) is 13.7. The number of carbonyl (C=O) groups is 1. The van der Waals surface area contributed by atoms with Gasteiger partial charge >= 0.3 is 0 Å². The van der Waals surface area contributed by atoms with E-state index in [1.165, 1.54) is 4.90 Å². The summed E-state index contributed by atoms with van der Waals surface area (Å²) in [5.41, 5.74) is 1.86. The first-order valence-electron chi connectivity index (χ1n) is 6.15. The molecule has 2 nitrogen and oxygen atoms in total. The Morgan fingerprint density at radius 3 is 2.37 bits per heavy atom. The van der Waals surface area contributed by atoms with Gasteiger partial charge in [0.1, 0.15) is 0 Å². The normalized spacial score (nSPS) is 10.2. The van der Waals surface area contributed by atoms with Crippen LogP contribution in [0.2, 0.25) is 0 Å². The highest BCUT2D eigenvalue weighted by molar-refractivity contribution is 7.98. The number of ketones is 1. The second-order valence-electron chi connectivity index (χ2n) is 4.32. The lowest BCUT2D eigenvalue weighted by molar-refractivity contribution is 0.100. The quantitative estimate of drug-likeness (QED) is 0.610. The molecule has 0 unspecified atom stereocenters. The lowest BCUT2D eigenvalue weighted by Crippen LogP contribution is -2.26. The summed E-state index contributed by atoms with van der Waals surface area (Å²) in [6.07, 6.45) is 2.05. The molecule has 0 bridgehead atoms. The summed E-state index contributed by atoms with van der Waals surface area (Å²) in [6.45, 7) is 0.390. The molecule has 2 aromatic rings. The maximum absolute atomic E-state index is 12.2. The Kier molecular flexibility index (Phi) is 4.63. The van der Waals surface area contributed by atoms with Crippen LogP contribution in [0.1, 0.15) is 10.4 Å². The fourth-order valence-corrected chi connectivity index (χ4v) is 2.61. The van der Waals surface area contributed by atoms with E-state index >= 15 is 0 Å². The summed E-state index contributed by atoms with van der Waals surface area (Å²) in [7, 11) is 1.95. The van der Waals surface area contributed by atoms with E-state index in [0.29, 0.717) is 6.54 Å². The lowest BCUT2D eigenvalue weighted by atomic mass is 10.1. The molecule has 2 aromatic carbocycles. The van der Waals surface area contributed by atoms with Crippen LogP contribution in [-0.2, 0) is 0 Å². The standard InChI is InChI=1S/C16H17NOS/c1-17(14-10-6-7-11-16(14)19-2)12-15(18)13-8-4-3-5-9-13/h3-11H,12H2,1-2H3. The van der Waals surface area contributed by atoms with E-state index in [9.17, 15) is 4.79 Å². The molecule has 0 N–H and O–H groups in total. The van der Waals surface area contributed by atoms with E-state index in [1.807, 2.05) is 66.7 Å². The van der Waals surface area contributed by atoms with Gasteiger partial charge in [0, 0.05) is 17.5 Å². The van der Waals surface area contributed by atoms with Crippen LogP contribution in [0.4, 0.5) is 5.69 Å². The number of carbonyl (C=O) groups excluding carboxylic acids is 1. The van der Waals surface area contributed by atoms with Gasteiger partial charge in [-0.05, 0) is 18.4 Å². The zero-order valence-electron chi connectivity index (χ0n) is 11.2. The van der Waals surface area contributed by atoms with Crippen LogP contribution in [0.5, 0.6) is 0 Å². The fraction of sp³-hybridized carbons (Fsp3) is 0.188. The third-order valence-corrected chi connectivity index (χ3v) is 3.76. The van der Waals surface area contributed by atoms with Gasteiger partial charge in [-0.1, -0.05) is 42.5 Å². The number of likely N-dealkylation sites (N-methyl/N-ethyl adjacent to an activating group) is 1. The predicted molar refractivity (Wildman–Crippen MR) is 82.3 cm³/mol. The van der Waals surface area contributed by atoms with Crippen molar-refractivity contribution in [3.8, 4) is 0 Å². The van der Waals surface area contributed by atoms with E-state index in [-0.39, 0.29) is 5.78 Å². The zero-order chi connectivity index (χ0) is 13.7. The Morgan fingerprint density at radius 1 is 1.05 bits per heavy atom. The van der Waals surface area contributed by atoms with E-state index in [2.05, 4.69) is 6.07 Å². The van der Waals surface area contributed by atoms with Crippen LogP contribution in [0, 0.1) is 0 Å². The van der Waals surface area contributed by atoms with Crippen LogP contribution in [0.3, 0.4) is 0 Å². The highest BCUT2D eigenvalue weighted by Crippen LogP contribution is 2.27. The van der Waals surface area contributed by atoms with E-state index in [1.54, 1.807) is 11.8 Å². The molecular weight excluding hydrogens is 254 g/mol. The molecule has 0 saturated heterocycles. The van der Waals surface area contributed by atoms with Crippen LogP contribution < -0.4 is 4.90 Å². The molecule has 0 radical (unpaired) electrons. The molecule has 0 atom stereocenters. The number of hydrogen-bond acceptors (Lipinski definition) is 3. The van der Waals surface area contributed by atoms with Crippen molar-refractivity contribution in [1.82, 2.24) is 0 Å². The largest absolute Gasteiger partial charge is 0.366 e. The Labute approximate surface area is 118 Å². The summed E-state index contributed by atoms with van der Waals surface area (Å²) >= 11 is 1.69. The zero-order valence-corrected chi connectivity index (χ0v) is 12.0. The van der Waals surface area contributed by atoms with Crippen LogP contribution in [-0.4, -0.2) is 25.6 Å². The van der Waals surface area contributed by atoms with Crippen molar-refractivity contribution < 1.29 is 4.79 Å². The molecule has 0 spiro atoms. The monoisotopic (exact) mass is 271 g/mol. The van der Waals surface area contributed by atoms with Crippen LogP contribution >= 0.6 is 11.8 Å². The van der Waals surface area contributed by atoms with Gasteiger partial charge in [-0.25, -0.2) is 0 Å². The molecule has 0 aliphatic rings. The third-order valence-electron chi connectivity index (χ3n) is 2.97. The van der Waals surface area contributed by atoms with Crippen LogP contribution in [0.25, 0.3) is 0 Å². The molecule has 0 aliphatic carbocycles. The van der Waals surface area contributed by atoms with Crippen molar-refractivity contribution in [1.29, 1.82) is 0 Å². The Balaban J connectivity index is 2.13. The minimum atomic E-state index is 0.138. The summed E-state index contributed by atoms with van der Waals surface area (Å²) in [6, 6.07) is 17.6. The molecule has 0 saturated carbocycles. The Bertz CT molecular complexity index is 554. The number of anilines is 1. The minimum absolute atomic E-state index is 0.138. The number of hydrogen-bond donors (Lipinski definition) is 0. The van der Waals surface area contributed by atoms with Crippen molar-refractivity contribution in [2.24, 2.45) is 0 Å². The highest BCUT2D eigenvalue weighted by atomic mass is 32.2. The van der Waals surface area contributed by atoms with Gasteiger partial charge in [0.25, 0.3) is 0 Å². The van der Waals surface area contributed by atoms with Gasteiger partial charge in [-0.15, -0.1) is 11.8 Å². The number of nitrogens with zero attached hydrogens (tertiary/aromatic N) is 1. The van der Waals surface area contributed by atoms with Crippen molar-refractivity contribution in [2.75, 3.05) is 24.7 Å². The molecule has 0 heterocycles. The smallest absolute Gasteiger partial charge is 0.182 e. The maximum atomic E-state index is 12.2. The third kappa shape index (κ3) is 3.38. The minimum Gasteiger partial charge on any atom is -0.366 e. The second kappa shape index (κ2) is 6.43. The molecule has 98 valence electrons. The van der Waals surface area contributed by atoms with Crippen molar-refractivity contribution in [3.05, 3.63) is 60.2 Å². The summed E-state index contributed by atoms with van der Waals surface area (Å²) in [5, 5.41) is 0. The van der Waals surface area contributed by atoms with E-state index < -0.39 is 0 Å². The Hall–Kier alpha value is -1.74. The molecule has 0 aromatic heterocycles. The molecule has 0 aliphatic heterocycles. The molecule has 3 heteroatoms. The van der Waals surface area contributed by atoms with Gasteiger partial charge in [-0.2, -0.15) is 0 Å². The average molecular weight is 271 g/mol. The number of Topliss-reactive ketones (excluding diaryl/α,β-unsaturated/α-hetero) is 1. The predicted octanol–water partition coefficient (Wildman–Crippen LogP) is 3.73. The lowest BCUT2D eigenvalue weighted by Gasteiger charge is -2.21. The first-order chi connectivity index (χ1) is 9.22. The van der Waals surface area contributed by atoms with Gasteiger partial charge in [0.05, 0.1) is 12.2 Å². The van der Waals surface area contributed by atoms with Gasteiger partial charge in [0.2, 0.25) is 0 Å². The van der Waals surface area contributed by atoms with Crippen molar-refractivity contribution >= 4 is 23.2 Å². The van der Waals surface area contributed by atoms with Crippen molar-refractivity contribution in [3.63, 3.8) is 0 Å². The second-order valence-corrected chi connectivity index (χ2v) is 5.17.